The maximum atomic E-state index is 9.22. The first-order chi connectivity index (χ1) is 16.4. The van der Waals surface area contributed by atoms with Gasteiger partial charge in [0.25, 0.3) is 0 Å². The van der Waals surface area contributed by atoms with Crippen molar-refractivity contribution in [2.24, 2.45) is 10.2 Å². The zero-order valence-electron chi connectivity index (χ0n) is 20.9. The molecule has 0 N–H and O–H groups in total. The molecule has 0 spiro atoms. The number of aryl methyl sites for hydroxylation is 1. The van der Waals surface area contributed by atoms with E-state index in [9.17, 15) is 13.0 Å². The highest BCUT2D eigenvalue weighted by Gasteiger charge is 2.12. The van der Waals surface area contributed by atoms with E-state index in [-0.39, 0.29) is 0 Å². The van der Waals surface area contributed by atoms with Crippen molar-refractivity contribution in [3.05, 3.63) is 54.1 Å². The second-order valence-corrected chi connectivity index (χ2v) is 10.5. The van der Waals surface area contributed by atoms with Crippen LogP contribution in [0.5, 0.6) is 0 Å². The van der Waals surface area contributed by atoms with Crippen LogP contribution in [0, 0.1) is 6.92 Å². The van der Waals surface area contributed by atoms with E-state index in [1.54, 1.807) is 0 Å². The van der Waals surface area contributed by atoms with Crippen molar-refractivity contribution in [1.29, 1.82) is 0 Å². The third-order valence-electron chi connectivity index (χ3n) is 4.86. The summed E-state index contributed by atoms with van der Waals surface area (Å²) in [5.41, 5.74) is 4.16. The molecule has 0 saturated carbocycles. The quantitative estimate of drug-likeness (QED) is 0.176. The van der Waals surface area contributed by atoms with Crippen molar-refractivity contribution in [1.82, 2.24) is 9.36 Å². The summed E-state index contributed by atoms with van der Waals surface area (Å²) in [6, 6.07) is 16.2. The zero-order valence-corrected chi connectivity index (χ0v) is 22.5. The van der Waals surface area contributed by atoms with Crippen LogP contribution < -0.4 is 4.90 Å². The van der Waals surface area contributed by atoms with Gasteiger partial charge in [-0.1, -0.05) is 30.3 Å². The summed E-state index contributed by atoms with van der Waals surface area (Å²) >= 11 is 1.26. The van der Waals surface area contributed by atoms with Gasteiger partial charge in [-0.05, 0) is 37.6 Å². The van der Waals surface area contributed by atoms with Gasteiger partial charge in [0.05, 0.1) is 47.0 Å². The summed E-state index contributed by atoms with van der Waals surface area (Å²) in [6.45, 7) is 7.36. The minimum absolute atomic E-state index is 0.561. The van der Waals surface area contributed by atoms with Crippen molar-refractivity contribution >= 4 is 38.4 Å². The molecule has 35 heavy (non-hydrogen) atoms. The number of azo groups is 1. The standard InChI is InChI=1S/C22H29N6S.CH4O4S/c1-6-27(14-15-28(3,4)5)19-12-13-20(17(2)16-19)24-25-22-23-21(26-29-22)18-10-8-7-9-11-18;1-5-6(2,3)4/h7-13,16H,6,14-15H2,1-5H3;1H3,(H,2,3,4)/q+1;/p-1. The summed E-state index contributed by atoms with van der Waals surface area (Å²) in [5, 5.41) is 9.27. The summed E-state index contributed by atoms with van der Waals surface area (Å²) in [6.07, 6.45) is 0. The number of likely N-dealkylation sites (N-methyl/N-ethyl adjacent to an activating group) is 2. The van der Waals surface area contributed by atoms with E-state index in [2.05, 4.69) is 75.8 Å². The van der Waals surface area contributed by atoms with Crippen molar-refractivity contribution in [3.63, 3.8) is 0 Å². The minimum Gasteiger partial charge on any atom is -0.726 e. The average molecular weight is 521 g/mol. The Morgan fingerprint density at radius 1 is 1.11 bits per heavy atom. The highest BCUT2D eigenvalue weighted by molar-refractivity contribution is 7.80. The minimum atomic E-state index is -4.41. The van der Waals surface area contributed by atoms with Crippen LogP contribution in [0.15, 0.2) is 58.8 Å². The van der Waals surface area contributed by atoms with Crippen molar-refractivity contribution in [2.75, 3.05) is 52.8 Å². The first-order valence-corrected chi connectivity index (χ1v) is 13.0. The first kappa shape index (κ1) is 28.5. The number of rotatable bonds is 9. The van der Waals surface area contributed by atoms with Crippen LogP contribution in [0.3, 0.4) is 0 Å². The number of aromatic nitrogens is 2. The normalized spacial score (nSPS) is 11.9. The van der Waals surface area contributed by atoms with Gasteiger partial charge in [-0.15, -0.1) is 10.2 Å². The summed E-state index contributed by atoms with van der Waals surface area (Å²) in [7, 11) is 3.06. The molecule has 0 aliphatic carbocycles. The monoisotopic (exact) mass is 520 g/mol. The summed E-state index contributed by atoms with van der Waals surface area (Å²) < 4.78 is 36.4. The Hall–Kier alpha value is -2.77. The Morgan fingerprint density at radius 3 is 2.31 bits per heavy atom. The predicted octanol–water partition coefficient (Wildman–Crippen LogP) is 4.55. The van der Waals surface area contributed by atoms with Crippen LogP contribution in [-0.2, 0) is 14.6 Å². The van der Waals surface area contributed by atoms with E-state index in [0.29, 0.717) is 11.0 Å². The van der Waals surface area contributed by atoms with Crippen molar-refractivity contribution in [3.8, 4) is 11.4 Å². The number of hydrogen-bond donors (Lipinski definition) is 0. The fourth-order valence-electron chi connectivity index (χ4n) is 2.90. The molecule has 0 saturated heterocycles. The Morgan fingerprint density at radius 2 is 1.77 bits per heavy atom. The van der Waals surface area contributed by atoms with Crippen molar-refractivity contribution in [2.45, 2.75) is 13.8 Å². The molecule has 1 heterocycles. The van der Waals surface area contributed by atoms with Gasteiger partial charge < -0.3 is 13.9 Å². The van der Waals surface area contributed by atoms with Crippen LogP contribution in [0.2, 0.25) is 0 Å². The van der Waals surface area contributed by atoms with Gasteiger partial charge in [0, 0.05) is 29.3 Å². The molecule has 0 amide bonds. The number of anilines is 1. The van der Waals surface area contributed by atoms with Gasteiger partial charge in [0.1, 0.15) is 0 Å². The van der Waals surface area contributed by atoms with Crippen LogP contribution in [0.4, 0.5) is 16.5 Å². The molecule has 0 radical (unpaired) electrons. The SMILES string of the molecule is CCN(CC[N+](C)(C)C)c1ccc(N=Nc2nc(-c3ccccc3)ns2)c(C)c1.COS(=O)(=O)[O-]. The molecule has 0 atom stereocenters. The topological polar surface area (TPSA) is 120 Å². The van der Waals surface area contributed by atoms with Crippen LogP contribution in [-0.4, -0.2) is 74.7 Å². The van der Waals surface area contributed by atoms with Gasteiger partial charge in [-0.3, -0.25) is 4.18 Å². The lowest BCUT2D eigenvalue weighted by molar-refractivity contribution is -0.868. The summed E-state index contributed by atoms with van der Waals surface area (Å²) in [5.74, 6) is 0.687. The molecule has 0 aliphatic rings. The molecular formula is C23H32N6O4S2. The Labute approximate surface area is 211 Å². The Kier molecular flexibility index (Phi) is 10.4. The highest BCUT2D eigenvalue weighted by atomic mass is 32.3. The lowest BCUT2D eigenvalue weighted by Gasteiger charge is -2.29. The number of hydrogen-bond acceptors (Lipinski definition) is 10. The van der Waals surface area contributed by atoms with E-state index < -0.39 is 10.4 Å². The fourth-order valence-corrected chi connectivity index (χ4v) is 3.42. The van der Waals surface area contributed by atoms with Crippen LogP contribution in [0.1, 0.15) is 12.5 Å². The highest BCUT2D eigenvalue weighted by Crippen LogP contribution is 2.28. The molecule has 12 heteroatoms. The number of quaternary nitrogens is 1. The molecule has 3 aromatic rings. The molecular weight excluding hydrogens is 488 g/mol. The van der Waals surface area contributed by atoms with E-state index in [0.717, 1.165) is 48.0 Å². The van der Waals surface area contributed by atoms with Gasteiger partial charge in [-0.25, -0.2) is 8.42 Å². The predicted molar refractivity (Wildman–Crippen MR) is 138 cm³/mol. The molecule has 0 fully saturated rings. The second-order valence-electron chi connectivity index (χ2n) is 8.61. The van der Waals surface area contributed by atoms with E-state index in [1.165, 1.54) is 17.2 Å². The molecule has 0 bridgehead atoms. The molecule has 0 aliphatic heterocycles. The van der Waals surface area contributed by atoms with Crippen molar-refractivity contribution < 1.29 is 21.6 Å². The maximum Gasteiger partial charge on any atom is 0.249 e. The molecule has 190 valence electrons. The van der Waals surface area contributed by atoms with Crippen LogP contribution in [0.25, 0.3) is 11.4 Å². The molecule has 0 unspecified atom stereocenters. The zero-order chi connectivity index (χ0) is 26.1. The average Bonchev–Trinajstić information content (AvgIpc) is 3.28. The van der Waals surface area contributed by atoms with E-state index in [4.69, 9.17) is 0 Å². The largest absolute Gasteiger partial charge is 0.726 e. The Bertz CT molecular complexity index is 1210. The lowest BCUT2D eigenvalue weighted by Crippen LogP contribution is -2.42. The number of benzene rings is 2. The second kappa shape index (κ2) is 12.8. The first-order valence-electron chi connectivity index (χ1n) is 10.9. The van der Waals surface area contributed by atoms with Gasteiger partial charge in [0.15, 0.2) is 5.82 Å². The third-order valence-corrected chi connectivity index (χ3v) is 5.87. The molecule has 3 rings (SSSR count). The molecule has 2 aromatic carbocycles. The fraction of sp³-hybridized carbons (Fsp3) is 0.391. The third kappa shape index (κ3) is 10.2. The maximum absolute atomic E-state index is 9.22. The molecule has 10 nitrogen and oxygen atoms in total. The van der Waals surface area contributed by atoms with Crippen LogP contribution >= 0.6 is 11.5 Å². The van der Waals surface area contributed by atoms with Gasteiger partial charge in [0.2, 0.25) is 15.5 Å². The van der Waals surface area contributed by atoms with Gasteiger partial charge >= 0.3 is 0 Å². The van der Waals surface area contributed by atoms with E-state index >= 15 is 0 Å². The van der Waals surface area contributed by atoms with E-state index in [1.807, 2.05) is 36.4 Å². The van der Waals surface area contributed by atoms with Gasteiger partial charge in [-0.2, -0.15) is 9.36 Å². The molecule has 1 aromatic heterocycles. The lowest BCUT2D eigenvalue weighted by atomic mass is 10.1. The Balaban J connectivity index is 0.000000641. The summed E-state index contributed by atoms with van der Waals surface area (Å²) in [4.78, 5) is 6.87. The smallest absolute Gasteiger partial charge is 0.249 e. The number of nitrogens with zero attached hydrogens (tertiary/aromatic N) is 6.